The molecule has 0 aliphatic heterocycles. The van der Waals surface area contributed by atoms with Crippen LogP contribution in [0.4, 0.5) is 0 Å². The molecule has 1 heterocycles. The molecule has 0 aromatic carbocycles. The summed E-state index contributed by atoms with van der Waals surface area (Å²) in [6.07, 6.45) is 5.99. The molecule has 2 nitrogen and oxygen atoms in total. The average Bonchev–Trinajstić information content (AvgIpc) is 2.25. The number of aromatic nitrogens is 2. The van der Waals surface area contributed by atoms with Crippen molar-refractivity contribution in [1.82, 2.24) is 9.55 Å². The highest BCUT2D eigenvalue weighted by Crippen LogP contribution is 2.38. The summed E-state index contributed by atoms with van der Waals surface area (Å²) in [6.45, 7) is 4.33. The Hall–Kier alpha value is -0.570. The number of imidazole rings is 1. The minimum Gasteiger partial charge on any atom is -0.335 e. The zero-order valence-electron chi connectivity index (χ0n) is 7.55. The summed E-state index contributed by atoms with van der Waals surface area (Å²) in [6, 6.07) is 0. The maximum absolute atomic E-state index is 5.23. The van der Waals surface area contributed by atoms with Gasteiger partial charge in [-0.1, -0.05) is 0 Å². The molecule has 1 N–H and O–H groups in total. The number of hydrogen-bond donors (Lipinski definition) is 1. The van der Waals surface area contributed by atoms with Crippen LogP contribution in [0.2, 0.25) is 0 Å². The quantitative estimate of drug-likeness (QED) is 0.662. The van der Waals surface area contributed by atoms with Crippen molar-refractivity contribution in [1.29, 1.82) is 0 Å². The number of rotatable bonds is 1. The minimum absolute atomic E-state index is 0.307. The van der Waals surface area contributed by atoms with E-state index in [1.54, 1.807) is 0 Å². The highest BCUT2D eigenvalue weighted by atomic mass is 32.1. The molecule has 1 aromatic rings. The van der Waals surface area contributed by atoms with E-state index in [1.807, 2.05) is 6.92 Å². The molecule has 0 atom stereocenters. The van der Waals surface area contributed by atoms with Crippen LogP contribution in [0.25, 0.3) is 0 Å². The van der Waals surface area contributed by atoms with Crippen LogP contribution < -0.4 is 0 Å². The number of aryl methyl sites for hydroxylation is 1. The lowest BCUT2D eigenvalue weighted by molar-refractivity contribution is 0.166. The van der Waals surface area contributed by atoms with Gasteiger partial charge in [0.25, 0.3) is 0 Å². The van der Waals surface area contributed by atoms with Crippen molar-refractivity contribution in [2.75, 3.05) is 0 Å². The van der Waals surface area contributed by atoms with Crippen LogP contribution >= 0.6 is 12.2 Å². The third-order valence-electron chi connectivity index (χ3n) is 2.86. The number of hydrogen-bond acceptors (Lipinski definition) is 1. The van der Waals surface area contributed by atoms with Crippen LogP contribution in [0.15, 0.2) is 6.20 Å². The molecule has 0 bridgehead atoms. The summed E-state index contributed by atoms with van der Waals surface area (Å²) in [5.41, 5.74) is 1.47. The van der Waals surface area contributed by atoms with E-state index in [1.165, 1.54) is 19.3 Å². The molecule has 1 aromatic heterocycles. The van der Waals surface area contributed by atoms with E-state index in [0.717, 1.165) is 10.5 Å². The Kier molecular flexibility index (Phi) is 1.65. The SMILES string of the molecule is Cc1cn(C2(C)CCC2)c(=S)[nH]1. The van der Waals surface area contributed by atoms with Crippen molar-refractivity contribution >= 4 is 12.2 Å². The molecule has 0 spiro atoms. The Morgan fingerprint density at radius 2 is 2.25 bits per heavy atom. The maximum atomic E-state index is 5.23. The largest absolute Gasteiger partial charge is 0.335 e. The minimum atomic E-state index is 0.307. The summed E-state index contributed by atoms with van der Waals surface area (Å²) in [5.74, 6) is 0. The molecule has 66 valence electrons. The fourth-order valence-electron chi connectivity index (χ4n) is 1.84. The van der Waals surface area contributed by atoms with Crippen molar-refractivity contribution in [3.63, 3.8) is 0 Å². The summed E-state index contributed by atoms with van der Waals surface area (Å²) >= 11 is 5.23. The van der Waals surface area contributed by atoms with Gasteiger partial charge in [-0.15, -0.1) is 0 Å². The fraction of sp³-hybridized carbons (Fsp3) is 0.667. The summed E-state index contributed by atoms with van der Waals surface area (Å²) < 4.78 is 3.08. The van der Waals surface area contributed by atoms with E-state index < -0.39 is 0 Å². The van der Waals surface area contributed by atoms with Crippen molar-refractivity contribution < 1.29 is 0 Å². The molecular weight excluding hydrogens is 168 g/mol. The van der Waals surface area contributed by atoms with E-state index in [4.69, 9.17) is 12.2 Å². The summed E-state index contributed by atoms with van der Waals surface area (Å²) in [7, 11) is 0. The first-order chi connectivity index (χ1) is 5.62. The van der Waals surface area contributed by atoms with Gasteiger partial charge >= 0.3 is 0 Å². The second-order valence-corrected chi connectivity index (χ2v) is 4.35. The molecule has 1 fully saturated rings. The lowest BCUT2D eigenvalue weighted by Crippen LogP contribution is -2.36. The van der Waals surface area contributed by atoms with Gasteiger partial charge in [0, 0.05) is 17.4 Å². The lowest BCUT2D eigenvalue weighted by Gasteiger charge is -2.39. The first-order valence-corrected chi connectivity index (χ1v) is 4.81. The summed E-state index contributed by atoms with van der Waals surface area (Å²) in [4.78, 5) is 3.16. The van der Waals surface area contributed by atoms with E-state index in [-0.39, 0.29) is 0 Å². The molecule has 1 saturated carbocycles. The number of aromatic amines is 1. The Morgan fingerprint density at radius 1 is 1.58 bits per heavy atom. The lowest BCUT2D eigenvalue weighted by atomic mass is 9.78. The van der Waals surface area contributed by atoms with E-state index in [2.05, 4.69) is 22.7 Å². The number of H-pyrrole nitrogens is 1. The van der Waals surface area contributed by atoms with Gasteiger partial charge in [-0.2, -0.15) is 0 Å². The maximum Gasteiger partial charge on any atom is 0.177 e. The van der Waals surface area contributed by atoms with Crippen LogP contribution in [0, 0.1) is 11.7 Å². The van der Waals surface area contributed by atoms with Crippen LogP contribution in [0.3, 0.4) is 0 Å². The van der Waals surface area contributed by atoms with E-state index in [0.29, 0.717) is 5.54 Å². The van der Waals surface area contributed by atoms with Gasteiger partial charge in [0.15, 0.2) is 4.77 Å². The number of nitrogens with one attached hydrogen (secondary N) is 1. The number of nitrogens with zero attached hydrogens (tertiary/aromatic N) is 1. The normalized spacial score (nSPS) is 20.5. The predicted molar refractivity (Wildman–Crippen MR) is 51.9 cm³/mol. The summed E-state index contributed by atoms with van der Waals surface area (Å²) in [5, 5.41) is 0. The van der Waals surface area contributed by atoms with Gasteiger partial charge < -0.3 is 9.55 Å². The fourth-order valence-corrected chi connectivity index (χ4v) is 2.28. The Labute approximate surface area is 77.6 Å². The molecule has 3 heteroatoms. The van der Waals surface area contributed by atoms with Crippen molar-refractivity contribution in [2.24, 2.45) is 0 Å². The topological polar surface area (TPSA) is 20.7 Å². The first-order valence-electron chi connectivity index (χ1n) is 4.41. The van der Waals surface area contributed by atoms with Crippen LogP contribution in [0.5, 0.6) is 0 Å². The van der Waals surface area contributed by atoms with E-state index in [9.17, 15) is 0 Å². The standard InChI is InChI=1S/C9H14N2S/c1-7-6-11(8(12)10-7)9(2)4-3-5-9/h6H,3-5H2,1-2H3,(H,10,12). The molecule has 1 aliphatic rings. The van der Waals surface area contributed by atoms with E-state index >= 15 is 0 Å². The third-order valence-corrected chi connectivity index (χ3v) is 3.16. The Morgan fingerprint density at radius 3 is 2.58 bits per heavy atom. The second kappa shape index (κ2) is 2.46. The molecule has 0 saturated heterocycles. The van der Waals surface area contributed by atoms with Crippen LogP contribution in [-0.2, 0) is 5.54 Å². The third kappa shape index (κ3) is 1.04. The zero-order chi connectivity index (χ0) is 8.77. The molecule has 12 heavy (non-hydrogen) atoms. The smallest absolute Gasteiger partial charge is 0.177 e. The highest BCUT2D eigenvalue weighted by Gasteiger charge is 2.33. The van der Waals surface area contributed by atoms with Crippen LogP contribution in [0.1, 0.15) is 31.9 Å². The molecule has 0 unspecified atom stereocenters. The highest BCUT2D eigenvalue weighted by molar-refractivity contribution is 7.71. The molecule has 0 radical (unpaired) electrons. The van der Waals surface area contributed by atoms with Crippen molar-refractivity contribution in [3.05, 3.63) is 16.7 Å². The van der Waals surface area contributed by atoms with Crippen molar-refractivity contribution in [2.45, 2.75) is 38.6 Å². The van der Waals surface area contributed by atoms with Crippen molar-refractivity contribution in [3.8, 4) is 0 Å². The van der Waals surface area contributed by atoms with Gasteiger partial charge in [0.05, 0.1) is 0 Å². The monoisotopic (exact) mass is 182 g/mol. The Bertz CT molecular complexity index is 344. The molecule has 2 rings (SSSR count). The first kappa shape index (κ1) is 8.05. The molecular formula is C9H14N2S. The van der Waals surface area contributed by atoms with Gasteiger partial charge in [-0.3, -0.25) is 0 Å². The van der Waals surface area contributed by atoms with Gasteiger partial charge in [0.1, 0.15) is 0 Å². The Balaban J connectivity index is 2.45. The molecule has 1 aliphatic carbocycles. The molecule has 0 amide bonds. The predicted octanol–water partition coefficient (Wildman–Crippen LogP) is 2.75. The average molecular weight is 182 g/mol. The van der Waals surface area contributed by atoms with Gasteiger partial charge in [-0.25, -0.2) is 0 Å². The van der Waals surface area contributed by atoms with Gasteiger partial charge in [0.2, 0.25) is 0 Å². The van der Waals surface area contributed by atoms with Crippen LogP contribution in [-0.4, -0.2) is 9.55 Å². The van der Waals surface area contributed by atoms with Gasteiger partial charge in [-0.05, 0) is 45.3 Å². The second-order valence-electron chi connectivity index (χ2n) is 3.96. The zero-order valence-corrected chi connectivity index (χ0v) is 8.37.